The Hall–Kier alpha value is -5.99. The highest BCUT2D eigenvalue weighted by Crippen LogP contribution is 2.25. The van der Waals surface area contributed by atoms with E-state index < -0.39 is 162 Å². The van der Waals surface area contributed by atoms with Gasteiger partial charge >= 0.3 is 5.97 Å². The first kappa shape index (κ1) is 83.1. The molecular weight excluding hydrogens is 1200 g/mol. The number of ether oxygens (including phenoxy) is 3. The Morgan fingerprint density at radius 3 is 1.34 bits per heavy atom. The Morgan fingerprint density at radius 1 is 0.495 bits per heavy atom. The molecule has 0 spiro atoms. The van der Waals surface area contributed by atoms with E-state index in [-0.39, 0.29) is 61.7 Å². The van der Waals surface area contributed by atoms with Crippen molar-refractivity contribution in [3.05, 3.63) is 0 Å². The predicted molar refractivity (Wildman–Crippen MR) is 354 cm³/mol. The van der Waals surface area contributed by atoms with Crippen molar-refractivity contribution >= 4 is 65.0 Å². The second-order valence-corrected chi connectivity index (χ2v) is 28.9. The van der Waals surface area contributed by atoms with Crippen LogP contribution >= 0.6 is 0 Å². The van der Waals surface area contributed by atoms with Crippen LogP contribution in [0.1, 0.15) is 156 Å². The number of hydrogen-bond donors (Lipinski definition) is 5. The molecular formula is C67H121N11O15. The lowest BCUT2D eigenvalue weighted by atomic mass is 9.91. The number of morpholine rings is 1. The smallest absolute Gasteiger partial charge is 0.329 e. The van der Waals surface area contributed by atoms with E-state index in [1.807, 2.05) is 69.2 Å². The quantitative estimate of drug-likeness (QED) is 0.116. The highest BCUT2D eigenvalue weighted by Gasteiger charge is 2.46. The van der Waals surface area contributed by atoms with Gasteiger partial charge in [-0.25, -0.2) is 4.79 Å². The number of carbonyl (C=O) groups is 11. The Morgan fingerprint density at radius 2 is 0.914 bits per heavy atom. The minimum absolute atomic E-state index is 0.0908. The maximum Gasteiger partial charge on any atom is 0.329 e. The van der Waals surface area contributed by atoms with Crippen LogP contribution in [0.25, 0.3) is 0 Å². The molecule has 13 atom stereocenters. The summed E-state index contributed by atoms with van der Waals surface area (Å²) in [5.74, 6) is -11.0. The molecule has 0 aromatic rings. The molecule has 26 nitrogen and oxygen atoms in total. The van der Waals surface area contributed by atoms with E-state index in [0.717, 1.165) is 9.80 Å². The van der Waals surface area contributed by atoms with Crippen LogP contribution in [0.3, 0.4) is 0 Å². The number of aliphatic hydroxyl groups excluding tert-OH is 1. The average molecular weight is 1320 g/mol. The second kappa shape index (κ2) is 38.5. The Labute approximate surface area is 555 Å². The number of esters is 1. The van der Waals surface area contributed by atoms with Crippen molar-refractivity contribution in [1.29, 1.82) is 0 Å². The number of nitrogens with zero attached hydrogens (tertiary/aromatic N) is 7. The van der Waals surface area contributed by atoms with Crippen molar-refractivity contribution in [3.63, 3.8) is 0 Å². The number of carbonyl (C=O) groups excluding carboxylic acids is 11. The van der Waals surface area contributed by atoms with Crippen LogP contribution in [-0.4, -0.2) is 266 Å². The van der Waals surface area contributed by atoms with Crippen molar-refractivity contribution in [2.24, 2.45) is 47.3 Å². The van der Waals surface area contributed by atoms with Gasteiger partial charge in [-0.05, 0) is 106 Å². The van der Waals surface area contributed by atoms with Gasteiger partial charge in [-0.2, -0.15) is 0 Å². The van der Waals surface area contributed by atoms with Crippen LogP contribution in [0.2, 0.25) is 0 Å². The number of likely N-dealkylation sites (N-methyl/N-ethyl adjacent to an activating group) is 6. The van der Waals surface area contributed by atoms with Crippen molar-refractivity contribution in [2.75, 3.05) is 88.8 Å². The molecule has 1 unspecified atom stereocenters. The third-order valence-corrected chi connectivity index (χ3v) is 17.7. The molecule has 2 saturated heterocycles. The summed E-state index contributed by atoms with van der Waals surface area (Å²) in [6.07, 6.45) is -3.12. The second-order valence-electron chi connectivity index (χ2n) is 28.9. The van der Waals surface area contributed by atoms with Gasteiger partial charge in [-0.1, -0.05) is 104 Å². The fourth-order valence-corrected chi connectivity index (χ4v) is 11.8. The van der Waals surface area contributed by atoms with Crippen molar-refractivity contribution in [2.45, 2.75) is 229 Å². The first-order valence-electron chi connectivity index (χ1n) is 33.6. The molecule has 26 heteroatoms. The van der Waals surface area contributed by atoms with Crippen LogP contribution in [0.15, 0.2) is 0 Å². The lowest BCUT2D eigenvalue weighted by Gasteiger charge is -2.40. The van der Waals surface area contributed by atoms with Gasteiger partial charge in [0.15, 0.2) is 6.10 Å². The molecule has 0 aliphatic carbocycles. The largest absolute Gasteiger partial charge is 0.450 e. The molecule has 0 saturated carbocycles. The molecule has 0 aromatic heterocycles. The minimum atomic E-state index is -1.69. The summed E-state index contributed by atoms with van der Waals surface area (Å²) < 4.78 is 17.1. The van der Waals surface area contributed by atoms with E-state index in [4.69, 9.17) is 14.2 Å². The van der Waals surface area contributed by atoms with Crippen LogP contribution < -0.4 is 21.3 Å². The van der Waals surface area contributed by atoms with Crippen molar-refractivity contribution in [1.82, 2.24) is 55.6 Å². The summed E-state index contributed by atoms with van der Waals surface area (Å²) in [4.78, 5) is 172. The van der Waals surface area contributed by atoms with E-state index in [0.29, 0.717) is 39.3 Å². The summed E-state index contributed by atoms with van der Waals surface area (Å²) in [5, 5.41) is 23.7. The fraction of sp³-hybridized carbons (Fsp3) is 0.836. The number of aliphatic hydroxyl groups is 1. The lowest BCUT2D eigenvalue weighted by molar-refractivity contribution is -0.166. The van der Waals surface area contributed by atoms with Crippen molar-refractivity contribution in [3.8, 4) is 0 Å². The topological polar surface area (TPSA) is 306 Å². The van der Waals surface area contributed by atoms with E-state index in [1.165, 1.54) is 82.8 Å². The summed E-state index contributed by atoms with van der Waals surface area (Å²) in [7, 11) is 9.67. The molecule has 2 heterocycles. The van der Waals surface area contributed by atoms with Gasteiger partial charge in [0.05, 0.1) is 32.0 Å². The van der Waals surface area contributed by atoms with E-state index in [1.54, 1.807) is 34.6 Å². The highest BCUT2D eigenvalue weighted by atomic mass is 16.6. The van der Waals surface area contributed by atoms with Gasteiger partial charge in [0.1, 0.15) is 54.4 Å². The van der Waals surface area contributed by atoms with E-state index >= 15 is 14.4 Å². The van der Waals surface area contributed by atoms with Crippen LogP contribution in [0, 0.1) is 47.3 Å². The zero-order valence-electron chi connectivity index (χ0n) is 60.8. The maximum absolute atomic E-state index is 15.4. The van der Waals surface area contributed by atoms with Crippen LogP contribution in [-0.2, 0) is 67.0 Å². The molecule has 0 bridgehead atoms. The molecule has 0 radical (unpaired) electrons. The van der Waals surface area contributed by atoms with E-state index in [2.05, 4.69) is 26.2 Å². The summed E-state index contributed by atoms with van der Waals surface area (Å²) >= 11 is 0. The Kier molecular flexibility index (Phi) is 34.4. The number of methoxy groups -OCH3 is 1. The van der Waals surface area contributed by atoms with Crippen LogP contribution in [0.4, 0.5) is 0 Å². The minimum Gasteiger partial charge on any atom is -0.450 e. The number of nitrogens with one attached hydrogen (secondary N) is 4. The van der Waals surface area contributed by atoms with Gasteiger partial charge in [-0.15, -0.1) is 0 Å². The number of rotatable bonds is 19. The van der Waals surface area contributed by atoms with Gasteiger partial charge < -0.3 is 70.0 Å². The summed E-state index contributed by atoms with van der Waals surface area (Å²) in [5.41, 5.74) is 0. The van der Waals surface area contributed by atoms with E-state index in [9.17, 15) is 43.5 Å². The summed E-state index contributed by atoms with van der Waals surface area (Å²) in [6, 6.07) is -11.9. The number of cyclic esters (lactones) is 1. The Balaban J connectivity index is 3.05. The molecule has 0 aromatic carbocycles. The monoisotopic (exact) mass is 1320 g/mol. The standard InChI is InChI=1S/C67H121N11O15/c1-37(2)31-47-62(85)74(20)50(34-40(7)8)58(81)68-45(16)67(90)93-57(43(13)14)66(89)75(21)51(35-41(9)10)60(83)70-48(32-38(3)4)63(86)76(22)54(42(11)12)65(88)77(23)55(56(80)44(15)25-26-78-27-29-92-30-28-78)61(84)71-53(46(17)91-24)64(87)72(18)36-52(79)73(19)49(33-39(5)6)59(82)69-47/h37-51,53-57,80H,25-36H2,1-24H3,(H,68,81)(H,69,82)(H,70,83)(H,71,84)/t44-,45+,46?,47+,48+,49+,50+,51-,53+,54+,55+,56-,57-/m1/s1. The van der Waals surface area contributed by atoms with Gasteiger partial charge in [0, 0.05) is 62.5 Å². The van der Waals surface area contributed by atoms with Gasteiger partial charge in [0.2, 0.25) is 53.2 Å². The molecule has 534 valence electrons. The molecule has 2 fully saturated rings. The average Bonchev–Trinajstić information content (AvgIpc) is 0.835. The van der Waals surface area contributed by atoms with Gasteiger partial charge in [-0.3, -0.25) is 52.8 Å². The first-order valence-corrected chi connectivity index (χ1v) is 33.6. The third-order valence-electron chi connectivity index (χ3n) is 17.7. The van der Waals surface area contributed by atoms with Crippen LogP contribution in [0.5, 0.6) is 0 Å². The molecule has 10 amide bonds. The van der Waals surface area contributed by atoms with Crippen molar-refractivity contribution < 1.29 is 72.1 Å². The lowest BCUT2D eigenvalue weighted by Crippen LogP contribution is -2.64. The maximum atomic E-state index is 15.4. The first-order chi connectivity index (χ1) is 43.1. The fourth-order valence-electron chi connectivity index (χ4n) is 11.8. The van der Waals surface area contributed by atoms with Gasteiger partial charge in [0.25, 0.3) is 5.91 Å². The zero-order valence-corrected chi connectivity index (χ0v) is 60.8. The molecule has 93 heavy (non-hydrogen) atoms. The number of hydrogen-bond acceptors (Lipinski definition) is 16. The predicted octanol–water partition coefficient (Wildman–Crippen LogP) is 2.76. The molecule has 5 N–H and O–H groups in total. The summed E-state index contributed by atoms with van der Waals surface area (Å²) in [6.45, 7) is 32.2. The third kappa shape index (κ3) is 24.6. The SMILES string of the molecule is COC(C)[C@@H]1NC(=O)[C@H]([C@H](O)[C@H](C)CCN2CCOCC2)N(C)C(=O)[C@H](C(C)C)N(C)C(=O)[C@H](CC(C)C)NC(=O)[C@@H](CC(C)C)N(C)C(=O)[C@@H](C(C)C)OC(=O)[C@H](C)NC(=O)[C@H](CC(C)C)N(C)C(=O)[C@H](CC(C)C)NC(=O)[C@H](CC(C)C)N(C)C(=O)CN(C)C1=O. The zero-order chi connectivity index (χ0) is 71.4. The molecule has 2 rings (SSSR count). The highest BCUT2D eigenvalue weighted by molar-refractivity contribution is 5.99. The molecule has 2 aliphatic rings. The Bertz CT molecular complexity index is 2490. The number of amides is 10. The molecule has 2 aliphatic heterocycles. The normalized spacial score (nSPS) is 27.0.